The van der Waals surface area contributed by atoms with Crippen molar-refractivity contribution in [2.45, 2.75) is 39.5 Å². The molecule has 0 aromatic heterocycles. The van der Waals surface area contributed by atoms with Crippen LogP contribution in [0.3, 0.4) is 0 Å². The summed E-state index contributed by atoms with van der Waals surface area (Å²) >= 11 is 5.58. The Kier molecular flexibility index (Phi) is 3.59. The number of aliphatic carboxylic acids is 1. The molecule has 1 rings (SSSR count). The molecule has 2 nitrogen and oxygen atoms in total. The first-order valence-corrected chi connectivity index (χ1v) is 5.43. The molecule has 80 valence electrons. The van der Waals surface area contributed by atoms with Gasteiger partial charge in [0.05, 0.1) is 5.41 Å². The summed E-state index contributed by atoms with van der Waals surface area (Å²) in [7, 11) is 0. The van der Waals surface area contributed by atoms with Crippen LogP contribution in [0, 0.1) is 11.3 Å². The zero-order valence-electron chi connectivity index (χ0n) is 8.72. The monoisotopic (exact) mass is 216 g/mol. The van der Waals surface area contributed by atoms with E-state index in [-0.39, 0.29) is 0 Å². The average molecular weight is 217 g/mol. The number of carboxylic acids is 1. The zero-order chi connectivity index (χ0) is 10.8. The Morgan fingerprint density at radius 1 is 1.71 bits per heavy atom. The predicted octanol–water partition coefficient (Wildman–Crippen LogP) is 3.41. The van der Waals surface area contributed by atoms with Crippen molar-refractivity contribution in [3.63, 3.8) is 0 Å². The van der Waals surface area contributed by atoms with Gasteiger partial charge >= 0.3 is 5.97 Å². The van der Waals surface area contributed by atoms with Crippen LogP contribution in [-0.4, -0.2) is 11.1 Å². The molecule has 3 heteroatoms. The quantitative estimate of drug-likeness (QED) is 0.785. The Hall–Kier alpha value is -0.500. The molecule has 1 aliphatic rings. The van der Waals surface area contributed by atoms with Gasteiger partial charge in [0.2, 0.25) is 0 Å². The minimum atomic E-state index is -0.667. The molecule has 1 aliphatic carbocycles. The summed E-state index contributed by atoms with van der Waals surface area (Å²) in [6.07, 6.45) is 3.17. The zero-order valence-corrected chi connectivity index (χ0v) is 9.47. The van der Waals surface area contributed by atoms with Crippen molar-refractivity contribution in [1.82, 2.24) is 0 Å². The van der Waals surface area contributed by atoms with Gasteiger partial charge in [-0.25, -0.2) is 0 Å². The molecule has 0 spiro atoms. The van der Waals surface area contributed by atoms with Crippen molar-refractivity contribution in [3.8, 4) is 0 Å². The second-order valence-corrected chi connectivity index (χ2v) is 4.78. The van der Waals surface area contributed by atoms with Crippen LogP contribution in [0.5, 0.6) is 0 Å². The molecule has 2 unspecified atom stereocenters. The normalized spacial score (nSPS) is 33.4. The first-order chi connectivity index (χ1) is 6.50. The van der Waals surface area contributed by atoms with Crippen molar-refractivity contribution in [1.29, 1.82) is 0 Å². The molecule has 0 heterocycles. The van der Waals surface area contributed by atoms with Gasteiger partial charge in [-0.05, 0) is 38.5 Å². The topological polar surface area (TPSA) is 37.3 Å². The standard InChI is InChI=1S/C11H17ClO2/c1-8-3-4-11(5-8,10(13)14)6-9(2)7-12/h7-8H,3-6H2,1-2H3,(H,13,14). The Balaban J connectivity index is 2.79. The van der Waals surface area contributed by atoms with E-state index in [4.69, 9.17) is 11.6 Å². The van der Waals surface area contributed by atoms with E-state index >= 15 is 0 Å². The lowest BCUT2D eigenvalue weighted by molar-refractivity contribution is -0.148. The van der Waals surface area contributed by atoms with E-state index in [0.717, 1.165) is 24.8 Å². The van der Waals surface area contributed by atoms with Gasteiger partial charge in [-0.15, -0.1) is 0 Å². The van der Waals surface area contributed by atoms with Gasteiger partial charge in [0, 0.05) is 5.54 Å². The lowest BCUT2D eigenvalue weighted by Gasteiger charge is -2.24. The van der Waals surface area contributed by atoms with E-state index in [1.807, 2.05) is 6.92 Å². The van der Waals surface area contributed by atoms with Gasteiger partial charge in [-0.3, -0.25) is 4.79 Å². The van der Waals surface area contributed by atoms with Gasteiger partial charge in [-0.1, -0.05) is 24.1 Å². The first kappa shape index (κ1) is 11.6. The van der Waals surface area contributed by atoms with Crippen molar-refractivity contribution >= 4 is 17.6 Å². The summed E-state index contributed by atoms with van der Waals surface area (Å²) in [6, 6.07) is 0. The summed E-state index contributed by atoms with van der Waals surface area (Å²) in [6.45, 7) is 4.01. The molecule has 1 fully saturated rings. The van der Waals surface area contributed by atoms with E-state index < -0.39 is 11.4 Å². The molecule has 0 saturated heterocycles. The fourth-order valence-electron chi connectivity index (χ4n) is 2.40. The number of carbonyl (C=O) groups is 1. The van der Waals surface area contributed by atoms with Gasteiger partial charge < -0.3 is 5.11 Å². The fourth-order valence-corrected chi connectivity index (χ4v) is 2.47. The highest BCUT2D eigenvalue weighted by Crippen LogP contribution is 2.46. The summed E-state index contributed by atoms with van der Waals surface area (Å²) in [5.74, 6) is -0.144. The van der Waals surface area contributed by atoms with E-state index in [1.165, 1.54) is 5.54 Å². The largest absolute Gasteiger partial charge is 0.481 e. The summed E-state index contributed by atoms with van der Waals surface area (Å²) in [5.41, 5.74) is 1.91. The molecular formula is C11H17ClO2. The van der Waals surface area contributed by atoms with Crippen LogP contribution in [0.2, 0.25) is 0 Å². The fraction of sp³-hybridized carbons (Fsp3) is 0.727. The summed E-state index contributed by atoms with van der Waals surface area (Å²) < 4.78 is 0. The van der Waals surface area contributed by atoms with Crippen LogP contribution in [0.4, 0.5) is 0 Å². The van der Waals surface area contributed by atoms with Crippen LogP contribution in [0.15, 0.2) is 11.1 Å². The second-order valence-electron chi connectivity index (χ2n) is 4.57. The molecule has 0 radical (unpaired) electrons. The maximum atomic E-state index is 11.3. The molecule has 14 heavy (non-hydrogen) atoms. The Labute approximate surface area is 90.0 Å². The highest BCUT2D eigenvalue weighted by atomic mass is 35.5. The van der Waals surface area contributed by atoms with E-state index in [1.54, 1.807) is 0 Å². The van der Waals surface area contributed by atoms with Crippen LogP contribution in [0.25, 0.3) is 0 Å². The maximum Gasteiger partial charge on any atom is 0.309 e. The molecule has 0 bridgehead atoms. The van der Waals surface area contributed by atoms with Crippen LogP contribution in [0.1, 0.15) is 39.5 Å². The third kappa shape index (κ3) is 2.30. The average Bonchev–Trinajstić information content (AvgIpc) is 2.48. The Morgan fingerprint density at radius 3 is 2.71 bits per heavy atom. The lowest BCUT2D eigenvalue weighted by atomic mass is 9.80. The maximum absolute atomic E-state index is 11.3. The van der Waals surface area contributed by atoms with Crippen molar-refractivity contribution in [2.24, 2.45) is 11.3 Å². The van der Waals surface area contributed by atoms with Crippen LogP contribution < -0.4 is 0 Å². The lowest BCUT2D eigenvalue weighted by Crippen LogP contribution is -2.28. The Morgan fingerprint density at radius 2 is 2.36 bits per heavy atom. The van der Waals surface area contributed by atoms with E-state index in [9.17, 15) is 9.90 Å². The van der Waals surface area contributed by atoms with Gasteiger partial charge in [0.1, 0.15) is 0 Å². The van der Waals surface area contributed by atoms with Crippen molar-refractivity contribution in [2.75, 3.05) is 0 Å². The van der Waals surface area contributed by atoms with Crippen molar-refractivity contribution < 1.29 is 9.90 Å². The number of rotatable bonds is 3. The minimum Gasteiger partial charge on any atom is -0.481 e. The molecular weight excluding hydrogens is 200 g/mol. The third-order valence-electron chi connectivity index (χ3n) is 3.11. The minimum absolute atomic E-state index is 0.522. The second kappa shape index (κ2) is 4.35. The molecule has 2 atom stereocenters. The predicted molar refractivity (Wildman–Crippen MR) is 57.3 cm³/mol. The van der Waals surface area contributed by atoms with Gasteiger partial charge in [0.25, 0.3) is 0 Å². The molecule has 0 aromatic carbocycles. The summed E-state index contributed by atoms with van der Waals surface area (Å²) in [5, 5.41) is 9.26. The highest BCUT2D eigenvalue weighted by molar-refractivity contribution is 6.25. The number of halogens is 1. The smallest absolute Gasteiger partial charge is 0.309 e. The molecule has 0 amide bonds. The molecule has 1 saturated carbocycles. The molecule has 0 aliphatic heterocycles. The van der Waals surface area contributed by atoms with Crippen molar-refractivity contribution in [3.05, 3.63) is 11.1 Å². The van der Waals surface area contributed by atoms with Crippen LogP contribution in [-0.2, 0) is 4.79 Å². The van der Waals surface area contributed by atoms with E-state index in [0.29, 0.717) is 12.3 Å². The summed E-state index contributed by atoms with van der Waals surface area (Å²) in [4.78, 5) is 11.3. The van der Waals surface area contributed by atoms with Gasteiger partial charge in [0.15, 0.2) is 0 Å². The molecule has 0 aromatic rings. The third-order valence-corrected chi connectivity index (χ3v) is 3.48. The SMILES string of the molecule is CC(=CCl)CC1(C(=O)O)CCC(C)C1. The number of hydrogen-bond donors (Lipinski definition) is 1. The highest BCUT2D eigenvalue weighted by Gasteiger charge is 2.43. The number of allylic oxidation sites excluding steroid dienone is 1. The van der Waals surface area contributed by atoms with E-state index in [2.05, 4.69) is 6.92 Å². The molecule has 1 N–H and O–H groups in total. The first-order valence-electron chi connectivity index (χ1n) is 4.99. The Bertz CT molecular complexity index is 260. The number of hydrogen-bond acceptors (Lipinski definition) is 1. The van der Waals surface area contributed by atoms with Gasteiger partial charge in [-0.2, -0.15) is 0 Å². The van der Waals surface area contributed by atoms with Crippen LogP contribution >= 0.6 is 11.6 Å². The number of carboxylic acid groups (broad SMARTS) is 1.